The van der Waals surface area contributed by atoms with Crippen LogP contribution in [0.3, 0.4) is 0 Å². The highest BCUT2D eigenvalue weighted by Gasteiger charge is 2.10. The van der Waals surface area contributed by atoms with Crippen LogP contribution in [0.2, 0.25) is 0 Å². The second-order valence-electron chi connectivity index (χ2n) is 3.61. The van der Waals surface area contributed by atoms with Crippen LogP contribution in [-0.2, 0) is 0 Å². The number of aryl methyl sites for hydroxylation is 1. The second-order valence-corrected chi connectivity index (χ2v) is 4.47. The standard InChI is InChI=1S/C13H10BrNO2/c1-8-9(13(16)17)6-7-12(15-8)10-4-2-3-5-11(10)14/h2-7H,1H3,(H,16,17). The van der Waals surface area contributed by atoms with Crippen LogP contribution in [0.25, 0.3) is 11.3 Å². The van der Waals surface area contributed by atoms with Gasteiger partial charge in [-0.25, -0.2) is 4.79 Å². The normalized spacial score (nSPS) is 10.2. The van der Waals surface area contributed by atoms with Gasteiger partial charge in [-0.05, 0) is 25.1 Å². The monoisotopic (exact) mass is 291 g/mol. The SMILES string of the molecule is Cc1nc(-c2ccccc2Br)ccc1C(=O)O. The van der Waals surface area contributed by atoms with Gasteiger partial charge in [0.05, 0.1) is 17.0 Å². The van der Waals surface area contributed by atoms with E-state index in [4.69, 9.17) is 5.11 Å². The number of pyridine rings is 1. The van der Waals surface area contributed by atoms with Crippen molar-refractivity contribution in [2.24, 2.45) is 0 Å². The van der Waals surface area contributed by atoms with Gasteiger partial charge in [-0.1, -0.05) is 34.1 Å². The summed E-state index contributed by atoms with van der Waals surface area (Å²) in [4.78, 5) is 15.2. The highest BCUT2D eigenvalue weighted by atomic mass is 79.9. The molecule has 0 atom stereocenters. The van der Waals surface area contributed by atoms with Crippen molar-refractivity contribution in [1.82, 2.24) is 4.98 Å². The van der Waals surface area contributed by atoms with E-state index in [0.717, 1.165) is 15.7 Å². The Morgan fingerprint density at radius 1 is 1.24 bits per heavy atom. The predicted molar refractivity (Wildman–Crippen MR) is 69.1 cm³/mol. The van der Waals surface area contributed by atoms with Gasteiger partial charge in [0.25, 0.3) is 0 Å². The molecule has 86 valence electrons. The lowest BCUT2D eigenvalue weighted by atomic mass is 10.1. The molecule has 2 rings (SSSR count). The van der Waals surface area contributed by atoms with Crippen molar-refractivity contribution in [3.8, 4) is 11.3 Å². The number of hydrogen-bond donors (Lipinski definition) is 1. The predicted octanol–water partition coefficient (Wildman–Crippen LogP) is 3.52. The fraction of sp³-hybridized carbons (Fsp3) is 0.0769. The Kier molecular flexibility index (Phi) is 3.24. The maximum absolute atomic E-state index is 10.9. The van der Waals surface area contributed by atoms with Gasteiger partial charge in [0.2, 0.25) is 0 Å². The Balaban J connectivity index is 2.52. The lowest BCUT2D eigenvalue weighted by Gasteiger charge is -2.06. The van der Waals surface area contributed by atoms with Crippen LogP contribution >= 0.6 is 15.9 Å². The van der Waals surface area contributed by atoms with Crippen molar-refractivity contribution >= 4 is 21.9 Å². The van der Waals surface area contributed by atoms with Crippen LogP contribution in [-0.4, -0.2) is 16.1 Å². The molecule has 1 aromatic carbocycles. The van der Waals surface area contributed by atoms with Crippen LogP contribution in [0.5, 0.6) is 0 Å². The van der Waals surface area contributed by atoms with E-state index < -0.39 is 5.97 Å². The zero-order valence-electron chi connectivity index (χ0n) is 9.14. The molecule has 0 unspecified atom stereocenters. The fourth-order valence-corrected chi connectivity index (χ4v) is 2.09. The fourth-order valence-electron chi connectivity index (χ4n) is 1.61. The smallest absolute Gasteiger partial charge is 0.337 e. The van der Waals surface area contributed by atoms with Gasteiger partial charge in [-0.15, -0.1) is 0 Å². The van der Waals surface area contributed by atoms with Crippen LogP contribution in [0, 0.1) is 6.92 Å². The third-order valence-electron chi connectivity index (χ3n) is 2.47. The number of rotatable bonds is 2. The number of carbonyl (C=O) groups is 1. The zero-order chi connectivity index (χ0) is 12.4. The van der Waals surface area contributed by atoms with Crippen LogP contribution in [0.4, 0.5) is 0 Å². The van der Waals surface area contributed by atoms with E-state index in [1.807, 2.05) is 24.3 Å². The van der Waals surface area contributed by atoms with Gasteiger partial charge in [-0.2, -0.15) is 0 Å². The number of nitrogens with zero attached hydrogens (tertiary/aromatic N) is 1. The molecule has 2 aromatic rings. The molecule has 3 nitrogen and oxygen atoms in total. The number of hydrogen-bond acceptors (Lipinski definition) is 2. The molecule has 0 aliphatic rings. The van der Waals surface area contributed by atoms with Crippen LogP contribution < -0.4 is 0 Å². The lowest BCUT2D eigenvalue weighted by Crippen LogP contribution is -2.02. The minimum absolute atomic E-state index is 0.237. The van der Waals surface area contributed by atoms with Gasteiger partial charge < -0.3 is 5.11 Å². The van der Waals surface area contributed by atoms with Crippen molar-refractivity contribution in [1.29, 1.82) is 0 Å². The molecule has 0 fully saturated rings. The van der Waals surface area contributed by atoms with Gasteiger partial charge in [0.1, 0.15) is 0 Å². The number of carboxylic acid groups (broad SMARTS) is 1. The largest absolute Gasteiger partial charge is 0.478 e. The van der Waals surface area contributed by atoms with E-state index in [9.17, 15) is 4.79 Å². The number of aromatic carboxylic acids is 1. The summed E-state index contributed by atoms with van der Waals surface area (Å²) in [5.41, 5.74) is 2.47. The number of aromatic nitrogens is 1. The maximum Gasteiger partial charge on any atom is 0.337 e. The van der Waals surface area contributed by atoms with E-state index in [1.165, 1.54) is 0 Å². The lowest BCUT2D eigenvalue weighted by molar-refractivity contribution is 0.0695. The van der Waals surface area contributed by atoms with Crippen LogP contribution in [0.1, 0.15) is 16.1 Å². The first-order chi connectivity index (χ1) is 8.09. The summed E-state index contributed by atoms with van der Waals surface area (Å²) in [6.45, 7) is 1.70. The van der Waals surface area contributed by atoms with E-state index in [-0.39, 0.29) is 5.56 Å². The summed E-state index contributed by atoms with van der Waals surface area (Å²) in [5.74, 6) is -0.950. The van der Waals surface area contributed by atoms with Gasteiger partial charge >= 0.3 is 5.97 Å². The maximum atomic E-state index is 10.9. The summed E-state index contributed by atoms with van der Waals surface area (Å²) in [7, 11) is 0. The molecule has 0 amide bonds. The van der Waals surface area contributed by atoms with Gasteiger partial charge in [0.15, 0.2) is 0 Å². The Labute approximate surface area is 107 Å². The molecule has 0 spiro atoms. The van der Waals surface area contributed by atoms with Crippen molar-refractivity contribution in [2.45, 2.75) is 6.92 Å². The van der Waals surface area contributed by atoms with E-state index in [0.29, 0.717) is 5.69 Å². The number of carboxylic acids is 1. The van der Waals surface area contributed by atoms with Crippen molar-refractivity contribution in [2.75, 3.05) is 0 Å². The third kappa shape index (κ3) is 2.36. The van der Waals surface area contributed by atoms with Crippen molar-refractivity contribution in [3.05, 3.63) is 52.1 Å². The summed E-state index contributed by atoms with van der Waals surface area (Å²) < 4.78 is 0.940. The highest BCUT2D eigenvalue weighted by Crippen LogP contribution is 2.26. The zero-order valence-corrected chi connectivity index (χ0v) is 10.7. The molecule has 1 heterocycles. The Morgan fingerprint density at radius 2 is 1.94 bits per heavy atom. The molecule has 4 heteroatoms. The first-order valence-corrected chi connectivity index (χ1v) is 5.84. The minimum Gasteiger partial charge on any atom is -0.478 e. The quantitative estimate of drug-likeness (QED) is 0.921. The molecule has 1 aromatic heterocycles. The van der Waals surface area contributed by atoms with E-state index in [2.05, 4.69) is 20.9 Å². The third-order valence-corrected chi connectivity index (χ3v) is 3.16. The molecule has 0 bridgehead atoms. The second kappa shape index (κ2) is 4.67. The number of halogens is 1. The molecule has 0 saturated carbocycles. The summed E-state index contributed by atoms with van der Waals surface area (Å²) in [5, 5.41) is 8.93. The van der Waals surface area contributed by atoms with Crippen LogP contribution in [0.15, 0.2) is 40.9 Å². The topological polar surface area (TPSA) is 50.2 Å². The Morgan fingerprint density at radius 3 is 2.53 bits per heavy atom. The van der Waals surface area contributed by atoms with E-state index >= 15 is 0 Å². The van der Waals surface area contributed by atoms with Gasteiger partial charge in [-0.3, -0.25) is 4.98 Å². The molecular formula is C13H10BrNO2. The summed E-state index contributed by atoms with van der Waals surface area (Å²) in [6.07, 6.45) is 0. The molecule has 0 aliphatic heterocycles. The highest BCUT2D eigenvalue weighted by molar-refractivity contribution is 9.10. The Bertz CT molecular complexity index is 581. The molecule has 0 saturated heterocycles. The molecule has 1 N–H and O–H groups in total. The van der Waals surface area contributed by atoms with Crippen molar-refractivity contribution in [3.63, 3.8) is 0 Å². The molecule has 0 radical (unpaired) electrons. The summed E-state index contributed by atoms with van der Waals surface area (Å²) in [6, 6.07) is 11.0. The van der Waals surface area contributed by atoms with Gasteiger partial charge in [0, 0.05) is 10.0 Å². The molecular weight excluding hydrogens is 282 g/mol. The van der Waals surface area contributed by atoms with Crippen molar-refractivity contribution < 1.29 is 9.90 Å². The minimum atomic E-state index is -0.950. The number of benzene rings is 1. The Hall–Kier alpha value is -1.68. The first kappa shape index (κ1) is 11.8. The summed E-state index contributed by atoms with van der Waals surface area (Å²) >= 11 is 3.45. The van der Waals surface area contributed by atoms with E-state index in [1.54, 1.807) is 19.1 Å². The molecule has 17 heavy (non-hydrogen) atoms. The first-order valence-electron chi connectivity index (χ1n) is 5.05. The average Bonchev–Trinajstić information content (AvgIpc) is 2.29. The molecule has 0 aliphatic carbocycles. The average molecular weight is 292 g/mol.